The highest BCUT2D eigenvalue weighted by atomic mass is 16.4. The molecule has 1 rings (SSSR count). The van der Waals surface area contributed by atoms with Crippen LogP contribution in [-0.2, 0) is 6.54 Å². The van der Waals surface area contributed by atoms with E-state index in [2.05, 4.69) is 17.4 Å². The Hall–Kier alpha value is -1.59. The number of nitrogens with one attached hydrogen (secondary N) is 1. The van der Waals surface area contributed by atoms with E-state index < -0.39 is 0 Å². The van der Waals surface area contributed by atoms with Gasteiger partial charge in [0.15, 0.2) is 5.84 Å². The molecule has 0 fully saturated rings. The first-order valence-electron chi connectivity index (χ1n) is 6.05. The van der Waals surface area contributed by atoms with Crippen LogP contribution in [0.2, 0.25) is 0 Å². The van der Waals surface area contributed by atoms with E-state index in [4.69, 9.17) is 16.0 Å². The summed E-state index contributed by atoms with van der Waals surface area (Å²) in [5.41, 5.74) is 7.32. The van der Waals surface area contributed by atoms with Crippen LogP contribution in [-0.4, -0.2) is 29.3 Å². The van der Waals surface area contributed by atoms with E-state index in [1.54, 1.807) is 6.07 Å². The first-order valence-corrected chi connectivity index (χ1v) is 6.05. The summed E-state index contributed by atoms with van der Waals surface area (Å²) in [6.07, 6.45) is 0.803. The molecule has 0 saturated carbocycles. The highest BCUT2D eigenvalue weighted by molar-refractivity contribution is 5.97. The van der Waals surface area contributed by atoms with Gasteiger partial charge in [0.05, 0.1) is 0 Å². The van der Waals surface area contributed by atoms with Gasteiger partial charge in [-0.15, -0.1) is 0 Å². The zero-order valence-corrected chi connectivity index (χ0v) is 10.6. The first-order chi connectivity index (χ1) is 8.67. The van der Waals surface area contributed by atoms with Gasteiger partial charge in [0.25, 0.3) is 0 Å². The number of aliphatic hydroxyl groups excluding tert-OH is 1. The van der Waals surface area contributed by atoms with Gasteiger partial charge in [0, 0.05) is 18.7 Å². The molecule has 1 aromatic rings. The number of hydrogen-bond acceptors (Lipinski definition) is 4. The van der Waals surface area contributed by atoms with Gasteiger partial charge in [-0.1, -0.05) is 30.3 Å². The van der Waals surface area contributed by atoms with Crippen LogP contribution in [0.1, 0.15) is 24.5 Å². The van der Waals surface area contributed by atoms with Gasteiger partial charge in [0.2, 0.25) is 0 Å². The molecule has 0 heterocycles. The third-order valence-electron chi connectivity index (χ3n) is 2.77. The van der Waals surface area contributed by atoms with Crippen LogP contribution in [0.25, 0.3) is 0 Å². The summed E-state index contributed by atoms with van der Waals surface area (Å²) >= 11 is 0. The number of aliphatic hydroxyl groups is 1. The van der Waals surface area contributed by atoms with Crippen molar-refractivity contribution in [3.8, 4) is 0 Å². The Morgan fingerprint density at radius 1 is 1.50 bits per heavy atom. The number of nitrogens with two attached hydrogens (primary N) is 1. The fraction of sp³-hybridized carbons (Fsp3) is 0.462. The third-order valence-corrected chi connectivity index (χ3v) is 2.77. The van der Waals surface area contributed by atoms with Crippen molar-refractivity contribution in [1.82, 2.24) is 5.32 Å². The molecule has 0 saturated heterocycles. The first kappa shape index (κ1) is 14.5. The van der Waals surface area contributed by atoms with Gasteiger partial charge < -0.3 is 21.4 Å². The van der Waals surface area contributed by atoms with Gasteiger partial charge in [-0.25, -0.2) is 0 Å². The van der Waals surface area contributed by atoms with Gasteiger partial charge in [0.1, 0.15) is 0 Å². The fourth-order valence-corrected chi connectivity index (χ4v) is 1.68. The predicted octanol–water partition coefficient (Wildman–Crippen LogP) is 0.889. The summed E-state index contributed by atoms with van der Waals surface area (Å²) in [7, 11) is 0. The average molecular weight is 251 g/mol. The number of hydrogen-bond donors (Lipinski definition) is 4. The van der Waals surface area contributed by atoms with E-state index in [-0.39, 0.29) is 12.4 Å². The molecular formula is C13H21N3O2. The van der Waals surface area contributed by atoms with E-state index in [1.807, 2.05) is 18.2 Å². The van der Waals surface area contributed by atoms with Crippen molar-refractivity contribution >= 4 is 5.84 Å². The SMILES string of the molecule is CC(CCO)CNCc1cccc(C(N)=NO)c1. The number of oxime groups is 1. The molecule has 0 radical (unpaired) electrons. The van der Waals surface area contributed by atoms with Crippen molar-refractivity contribution in [2.75, 3.05) is 13.2 Å². The van der Waals surface area contributed by atoms with Crippen molar-refractivity contribution in [2.24, 2.45) is 16.8 Å². The van der Waals surface area contributed by atoms with Crippen molar-refractivity contribution in [3.63, 3.8) is 0 Å². The van der Waals surface area contributed by atoms with E-state index in [0.717, 1.165) is 25.1 Å². The minimum absolute atomic E-state index is 0.116. The van der Waals surface area contributed by atoms with Crippen LogP contribution in [0.3, 0.4) is 0 Å². The Labute approximate surface area is 107 Å². The van der Waals surface area contributed by atoms with Gasteiger partial charge in [-0.05, 0) is 30.5 Å². The standard InChI is InChI=1S/C13H21N3O2/c1-10(5-6-17)8-15-9-11-3-2-4-12(7-11)13(14)16-18/h2-4,7,10,15,17-18H,5-6,8-9H2,1H3,(H2,14,16). The Bertz CT molecular complexity index is 394. The molecule has 0 aliphatic rings. The smallest absolute Gasteiger partial charge is 0.170 e. The zero-order chi connectivity index (χ0) is 13.4. The summed E-state index contributed by atoms with van der Waals surface area (Å²) in [5, 5.41) is 23.7. The molecule has 0 aromatic heterocycles. The molecular weight excluding hydrogens is 230 g/mol. The monoisotopic (exact) mass is 251 g/mol. The lowest BCUT2D eigenvalue weighted by molar-refractivity contribution is 0.260. The number of amidine groups is 1. The minimum Gasteiger partial charge on any atom is -0.409 e. The number of benzene rings is 1. The average Bonchev–Trinajstić information content (AvgIpc) is 2.38. The van der Waals surface area contributed by atoms with Crippen LogP contribution in [0.15, 0.2) is 29.4 Å². The summed E-state index contributed by atoms with van der Waals surface area (Å²) < 4.78 is 0. The molecule has 5 N–H and O–H groups in total. The van der Waals surface area contributed by atoms with Gasteiger partial charge in [-0.3, -0.25) is 0 Å². The van der Waals surface area contributed by atoms with Crippen molar-refractivity contribution < 1.29 is 10.3 Å². The minimum atomic E-state index is 0.116. The summed E-state index contributed by atoms with van der Waals surface area (Å²) in [4.78, 5) is 0. The van der Waals surface area contributed by atoms with Crippen LogP contribution < -0.4 is 11.1 Å². The molecule has 0 amide bonds. The quantitative estimate of drug-likeness (QED) is 0.251. The van der Waals surface area contributed by atoms with Crippen LogP contribution in [0, 0.1) is 5.92 Å². The Morgan fingerprint density at radius 3 is 2.94 bits per heavy atom. The van der Waals surface area contributed by atoms with Crippen LogP contribution in [0.4, 0.5) is 0 Å². The van der Waals surface area contributed by atoms with E-state index in [0.29, 0.717) is 11.5 Å². The largest absolute Gasteiger partial charge is 0.409 e. The molecule has 100 valence electrons. The van der Waals surface area contributed by atoms with Gasteiger partial charge in [-0.2, -0.15) is 0 Å². The predicted molar refractivity (Wildman–Crippen MR) is 71.5 cm³/mol. The molecule has 0 aliphatic carbocycles. The second-order valence-corrected chi connectivity index (χ2v) is 4.43. The maximum Gasteiger partial charge on any atom is 0.170 e. The molecule has 0 bridgehead atoms. The number of rotatable bonds is 7. The molecule has 18 heavy (non-hydrogen) atoms. The highest BCUT2D eigenvalue weighted by Gasteiger charge is 2.02. The van der Waals surface area contributed by atoms with E-state index in [9.17, 15) is 0 Å². The summed E-state index contributed by atoms with van der Waals surface area (Å²) in [6.45, 7) is 3.90. The topological polar surface area (TPSA) is 90.9 Å². The number of nitrogens with zero attached hydrogens (tertiary/aromatic N) is 1. The fourth-order valence-electron chi connectivity index (χ4n) is 1.68. The lowest BCUT2D eigenvalue weighted by atomic mass is 10.1. The lowest BCUT2D eigenvalue weighted by Crippen LogP contribution is -2.21. The third kappa shape index (κ3) is 4.73. The van der Waals surface area contributed by atoms with Crippen molar-refractivity contribution in [3.05, 3.63) is 35.4 Å². The van der Waals surface area contributed by atoms with Crippen molar-refractivity contribution in [1.29, 1.82) is 0 Å². The molecule has 0 aliphatic heterocycles. The second-order valence-electron chi connectivity index (χ2n) is 4.43. The Morgan fingerprint density at radius 2 is 2.28 bits per heavy atom. The molecule has 5 heteroatoms. The Kier molecular flexibility index (Phi) is 6.18. The van der Waals surface area contributed by atoms with Gasteiger partial charge >= 0.3 is 0 Å². The molecule has 0 spiro atoms. The highest BCUT2D eigenvalue weighted by Crippen LogP contribution is 2.05. The van der Waals surface area contributed by atoms with Crippen molar-refractivity contribution in [2.45, 2.75) is 19.9 Å². The molecule has 1 unspecified atom stereocenters. The van der Waals surface area contributed by atoms with E-state index in [1.165, 1.54) is 0 Å². The lowest BCUT2D eigenvalue weighted by Gasteiger charge is -2.11. The van der Waals surface area contributed by atoms with E-state index >= 15 is 0 Å². The molecule has 1 aromatic carbocycles. The Balaban J connectivity index is 2.48. The zero-order valence-electron chi connectivity index (χ0n) is 10.6. The maximum absolute atomic E-state index is 8.80. The molecule has 5 nitrogen and oxygen atoms in total. The maximum atomic E-state index is 8.80. The molecule has 1 atom stereocenters. The van der Waals surface area contributed by atoms with Crippen LogP contribution in [0.5, 0.6) is 0 Å². The summed E-state index contributed by atoms with van der Waals surface area (Å²) in [5.74, 6) is 0.563. The normalized spacial score (nSPS) is 13.6. The summed E-state index contributed by atoms with van der Waals surface area (Å²) in [6, 6.07) is 7.55. The van der Waals surface area contributed by atoms with Crippen LogP contribution >= 0.6 is 0 Å². The second kappa shape index (κ2) is 7.68.